The topological polar surface area (TPSA) is 63.3 Å². The zero-order valence-corrected chi connectivity index (χ0v) is 7.53. The molecule has 0 saturated heterocycles. The fourth-order valence-electron chi connectivity index (χ4n) is 1.10. The van der Waals surface area contributed by atoms with E-state index in [0.29, 0.717) is 6.42 Å². The lowest BCUT2D eigenvalue weighted by Gasteiger charge is -2.16. The lowest BCUT2D eigenvalue weighted by Crippen LogP contribution is -2.40. The second kappa shape index (κ2) is 3.58. The fraction of sp³-hybridized carbons (Fsp3) is 0.300. The Morgan fingerprint density at radius 2 is 2.00 bits per heavy atom. The monoisotopic (exact) mass is 179 g/mol. The van der Waals surface area contributed by atoms with E-state index in [9.17, 15) is 4.79 Å². The third-order valence-electron chi connectivity index (χ3n) is 1.79. The summed E-state index contributed by atoms with van der Waals surface area (Å²) in [5.41, 5.74) is 5.77. The molecule has 0 saturated carbocycles. The van der Waals surface area contributed by atoms with Crippen LogP contribution in [0.3, 0.4) is 0 Å². The van der Waals surface area contributed by atoms with Crippen molar-refractivity contribution < 1.29 is 9.90 Å². The standard InChI is InChI=1S/C10H13NO2/c1-10(11,7-12)6-8-2-4-9(13)5-3-8/h2-5,7,13H,6,11H2,1H3/t10-/m0/s1. The van der Waals surface area contributed by atoms with E-state index in [1.165, 1.54) is 0 Å². The van der Waals surface area contributed by atoms with Gasteiger partial charge >= 0.3 is 0 Å². The number of aromatic hydroxyl groups is 1. The number of hydrogen-bond donors (Lipinski definition) is 2. The van der Waals surface area contributed by atoms with E-state index in [0.717, 1.165) is 11.8 Å². The van der Waals surface area contributed by atoms with Gasteiger partial charge in [-0.2, -0.15) is 0 Å². The van der Waals surface area contributed by atoms with Crippen molar-refractivity contribution in [3.05, 3.63) is 29.8 Å². The summed E-state index contributed by atoms with van der Waals surface area (Å²) >= 11 is 0. The molecule has 3 heteroatoms. The summed E-state index contributed by atoms with van der Waals surface area (Å²) in [6.45, 7) is 1.67. The average molecular weight is 179 g/mol. The molecule has 3 nitrogen and oxygen atoms in total. The van der Waals surface area contributed by atoms with Crippen LogP contribution in [-0.2, 0) is 11.2 Å². The maximum absolute atomic E-state index is 10.5. The maximum atomic E-state index is 10.5. The van der Waals surface area contributed by atoms with E-state index in [1.54, 1.807) is 31.2 Å². The van der Waals surface area contributed by atoms with Crippen LogP contribution in [0.4, 0.5) is 0 Å². The summed E-state index contributed by atoms with van der Waals surface area (Å²) in [5.74, 6) is 0.216. The molecule has 1 aromatic rings. The lowest BCUT2D eigenvalue weighted by molar-refractivity contribution is -0.111. The first-order chi connectivity index (χ1) is 6.03. The van der Waals surface area contributed by atoms with Crippen LogP contribution < -0.4 is 5.73 Å². The first-order valence-corrected chi connectivity index (χ1v) is 4.07. The third-order valence-corrected chi connectivity index (χ3v) is 1.79. The molecule has 1 atom stereocenters. The van der Waals surface area contributed by atoms with Gasteiger partial charge in [-0.05, 0) is 31.0 Å². The molecule has 0 bridgehead atoms. The number of aldehydes is 1. The second-order valence-corrected chi connectivity index (χ2v) is 3.47. The van der Waals surface area contributed by atoms with Crippen LogP contribution in [-0.4, -0.2) is 16.9 Å². The molecule has 0 fully saturated rings. The third kappa shape index (κ3) is 2.87. The van der Waals surface area contributed by atoms with Gasteiger partial charge in [0.1, 0.15) is 12.0 Å². The zero-order chi connectivity index (χ0) is 9.90. The molecule has 0 aromatic heterocycles. The van der Waals surface area contributed by atoms with E-state index in [-0.39, 0.29) is 5.75 Å². The molecule has 0 amide bonds. The van der Waals surface area contributed by atoms with Crippen molar-refractivity contribution in [3.8, 4) is 5.75 Å². The minimum atomic E-state index is -0.822. The number of carbonyl (C=O) groups excluding carboxylic acids is 1. The molecule has 0 unspecified atom stereocenters. The number of rotatable bonds is 3. The molecule has 0 aliphatic heterocycles. The molecule has 0 spiro atoms. The number of hydrogen-bond acceptors (Lipinski definition) is 3. The van der Waals surface area contributed by atoms with Crippen molar-refractivity contribution in [2.75, 3.05) is 0 Å². The summed E-state index contributed by atoms with van der Waals surface area (Å²) < 4.78 is 0. The highest BCUT2D eigenvalue weighted by molar-refractivity contribution is 5.63. The summed E-state index contributed by atoms with van der Waals surface area (Å²) in [7, 11) is 0. The predicted molar refractivity (Wildman–Crippen MR) is 50.5 cm³/mol. The van der Waals surface area contributed by atoms with Crippen molar-refractivity contribution in [2.24, 2.45) is 5.73 Å². The Morgan fingerprint density at radius 3 is 2.46 bits per heavy atom. The Hall–Kier alpha value is -1.35. The average Bonchev–Trinajstić information content (AvgIpc) is 2.09. The Balaban J connectivity index is 2.75. The van der Waals surface area contributed by atoms with E-state index < -0.39 is 5.54 Å². The molecule has 70 valence electrons. The minimum Gasteiger partial charge on any atom is -0.508 e. The molecule has 0 heterocycles. The number of phenolic OH excluding ortho intramolecular Hbond substituents is 1. The van der Waals surface area contributed by atoms with Crippen molar-refractivity contribution in [3.63, 3.8) is 0 Å². The summed E-state index contributed by atoms with van der Waals surface area (Å²) in [4.78, 5) is 10.5. The first-order valence-electron chi connectivity index (χ1n) is 4.07. The number of benzene rings is 1. The highest BCUT2D eigenvalue weighted by atomic mass is 16.3. The number of nitrogens with two attached hydrogens (primary N) is 1. The van der Waals surface area contributed by atoms with Gasteiger partial charge in [-0.3, -0.25) is 0 Å². The SMILES string of the molecule is C[C@@](N)(C=O)Cc1ccc(O)cc1. The summed E-state index contributed by atoms with van der Waals surface area (Å²) in [6.07, 6.45) is 1.22. The van der Waals surface area contributed by atoms with Gasteiger partial charge in [0.25, 0.3) is 0 Å². The lowest BCUT2D eigenvalue weighted by atomic mass is 9.96. The number of phenols is 1. The maximum Gasteiger partial charge on any atom is 0.139 e. The Morgan fingerprint density at radius 1 is 1.46 bits per heavy atom. The van der Waals surface area contributed by atoms with E-state index in [1.807, 2.05) is 0 Å². The van der Waals surface area contributed by atoms with Gasteiger partial charge in [0.15, 0.2) is 0 Å². The van der Waals surface area contributed by atoms with Gasteiger partial charge in [0, 0.05) is 0 Å². The van der Waals surface area contributed by atoms with Crippen LogP contribution in [0.15, 0.2) is 24.3 Å². The quantitative estimate of drug-likeness (QED) is 0.676. The van der Waals surface area contributed by atoms with Gasteiger partial charge in [-0.15, -0.1) is 0 Å². The molecule has 0 radical (unpaired) electrons. The molecule has 0 aliphatic rings. The number of carbonyl (C=O) groups is 1. The van der Waals surface area contributed by atoms with Crippen LogP contribution in [0.25, 0.3) is 0 Å². The van der Waals surface area contributed by atoms with Gasteiger partial charge in [0.2, 0.25) is 0 Å². The molecule has 1 rings (SSSR count). The second-order valence-electron chi connectivity index (χ2n) is 3.47. The van der Waals surface area contributed by atoms with Gasteiger partial charge in [0.05, 0.1) is 5.54 Å². The highest BCUT2D eigenvalue weighted by Crippen LogP contribution is 2.13. The molecular weight excluding hydrogens is 166 g/mol. The van der Waals surface area contributed by atoms with Gasteiger partial charge in [-0.25, -0.2) is 0 Å². The Kier molecular flexibility index (Phi) is 2.68. The normalized spacial score (nSPS) is 14.9. The largest absolute Gasteiger partial charge is 0.508 e. The van der Waals surface area contributed by atoms with Gasteiger partial charge < -0.3 is 15.6 Å². The first kappa shape index (κ1) is 9.74. The van der Waals surface area contributed by atoms with Crippen molar-refractivity contribution >= 4 is 6.29 Å². The highest BCUT2D eigenvalue weighted by Gasteiger charge is 2.17. The molecule has 13 heavy (non-hydrogen) atoms. The van der Waals surface area contributed by atoms with E-state index in [2.05, 4.69) is 0 Å². The van der Waals surface area contributed by atoms with Crippen molar-refractivity contribution in [2.45, 2.75) is 18.9 Å². The molecule has 3 N–H and O–H groups in total. The van der Waals surface area contributed by atoms with Crippen LogP contribution in [0, 0.1) is 0 Å². The van der Waals surface area contributed by atoms with E-state index >= 15 is 0 Å². The van der Waals surface area contributed by atoms with E-state index in [4.69, 9.17) is 10.8 Å². The smallest absolute Gasteiger partial charge is 0.139 e. The Labute approximate surface area is 77.2 Å². The summed E-state index contributed by atoms with van der Waals surface area (Å²) in [5, 5.41) is 9.01. The Bertz CT molecular complexity index is 290. The fourth-order valence-corrected chi connectivity index (χ4v) is 1.10. The summed E-state index contributed by atoms with van der Waals surface area (Å²) in [6, 6.07) is 6.67. The van der Waals surface area contributed by atoms with Crippen LogP contribution in [0.5, 0.6) is 5.75 Å². The molecule has 0 aliphatic carbocycles. The van der Waals surface area contributed by atoms with Gasteiger partial charge in [-0.1, -0.05) is 12.1 Å². The van der Waals surface area contributed by atoms with Crippen LogP contribution in [0.1, 0.15) is 12.5 Å². The predicted octanol–water partition coefficient (Wildman–Crippen LogP) is 0.851. The van der Waals surface area contributed by atoms with Crippen molar-refractivity contribution in [1.29, 1.82) is 0 Å². The zero-order valence-electron chi connectivity index (χ0n) is 7.53. The molecular formula is C10H13NO2. The van der Waals surface area contributed by atoms with Crippen LogP contribution >= 0.6 is 0 Å². The van der Waals surface area contributed by atoms with Crippen LogP contribution in [0.2, 0.25) is 0 Å². The molecule has 1 aromatic carbocycles. The van der Waals surface area contributed by atoms with Crippen molar-refractivity contribution in [1.82, 2.24) is 0 Å². The minimum absolute atomic E-state index is 0.216.